The van der Waals surface area contributed by atoms with Crippen LogP contribution in [0.5, 0.6) is 0 Å². The molecule has 2 aromatic rings. The second-order valence-electron chi connectivity index (χ2n) is 5.00. The lowest BCUT2D eigenvalue weighted by Gasteiger charge is -2.06. The van der Waals surface area contributed by atoms with E-state index in [4.69, 9.17) is 0 Å². The number of nitrogens with one attached hydrogen (secondary N) is 1. The number of halogens is 3. The van der Waals surface area contributed by atoms with Crippen LogP contribution in [0.15, 0.2) is 36.7 Å². The van der Waals surface area contributed by atoms with Gasteiger partial charge in [-0.3, -0.25) is 0 Å². The van der Waals surface area contributed by atoms with E-state index in [0.29, 0.717) is 11.7 Å². The summed E-state index contributed by atoms with van der Waals surface area (Å²) in [5.41, 5.74) is 0.938. The first kappa shape index (κ1) is 13.2. The van der Waals surface area contributed by atoms with Crippen molar-refractivity contribution in [3.05, 3.63) is 47.8 Å². The van der Waals surface area contributed by atoms with E-state index in [1.165, 1.54) is 17.5 Å². The molecule has 106 valence electrons. The van der Waals surface area contributed by atoms with Gasteiger partial charge in [-0.25, -0.2) is 4.68 Å². The average Bonchev–Trinajstić information content (AvgIpc) is 3.09. The molecule has 1 fully saturated rings. The summed E-state index contributed by atoms with van der Waals surface area (Å²) in [7, 11) is 0. The van der Waals surface area contributed by atoms with Gasteiger partial charge in [0.2, 0.25) is 0 Å². The smallest absolute Gasteiger partial charge is 0.310 e. The molecule has 1 aliphatic rings. The van der Waals surface area contributed by atoms with E-state index in [0.717, 1.165) is 24.5 Å². The second-order valence-corrected chi connectivity index (χ2v) is 5.00. The Bertz CT molecular complexity index is 600. The zero-order valence-corrected chi connectivity index (χ0v) is 10.7. The maximum Gasteiger partial charge on any atom is 0.419 e. The number of nitrogens with zero attached hydrogens (tertiary/aromatic N) is 2. The van der Waals surface area contributed by atoms with Gasteiger partial charge in [-0.1, -0.05) is 12.1 Å². The molecule has 0 saturated heterocycles. The molecule has 1 aromatic heterocycles. The van der Waals surface area contributed by atoms with Crippen LogP contribution in [0.2, 0.25) is 0 Å². The van der Waals surface area contributed by atoms with Crippen LogP contribution in [0, 0.1) is 0 Å². The summed E-state index contributed by atoms with van der Waals surface area (Å²) >= 11 is 0. The molecule has 3 nitrogen and oxygen atoms in total. The Morgan fingerprint density at radius 1 is 1.30 bits per heavy atom. The normalized spacial score (nSPS) is 15.6. The summed E-state index contributed by atoms with van der Waals surface area (Å²) in [6.45, 7) is 0.728. The van der Waals surface area contributed by atoms with Crippen molar-refractivity contribution in [2.75, 3.05) is 0 Å². The topological polar surface area (TPSA) is 29.9 Å². The van der Waals surface area contributed by atoms with Gasteiger partial charge >= 0.3 is 6.18 Å². The first-order chi connectivity index (χ1) is 9.52. The number of aromatic nitrogens is 2. The highest BCUT2D eigenvalue weighted by Gasteiger charge is 2.32. The Labute approximate surface area is 114 Å². The summed E-state index contributed by atoms with van der Waals surface area (Å²) in [6.07, 6.45) is -0.104. The van der Waals surface area contributed by atoms with Crippen LogP contribution in [0.25, 0.3) is 5.69 Å². The zero-order chi connectivity index (χ0) is 14.2. The lowest BCUT2D eigenvalue weighted by Crippen LogP contribution is -2.15. The molecule has 0 unspecified atom stereocenters. The van der Waals surface area contributed by atoms with Crippen molar-refractivity contribution < 1.29 is 13.2 Å². The Kier molecular flexibility index (Phi) is 3.25. The monoisotopic (exact) mass is 281 g/mol. The van der Waals surface area contributed by atoms with Crippen LogP contribution in [0.4, 0.5) is 13.2 Å². The summed E-state index contributed by atoms with van der Waals surface area (Å²) in [6, 6.07) is 7.97. The highest BCUT2D eigenvalue weighted by Crippen LogP contribution is 2.29. The molecule has 1 aliphatic carbocycles. The van der Waals surface area contributed by atoms with Crippen molar-refractivity contribution in [1.82, 2.24) is 15.1 Å². The summed E-state index contributed by atoms with van der Waals surface area (Å²) in [5, 5.41) is 7.15. The molecule has 20 heavy (non-hydrogen) atoms. The van der Waals surface area contributed by atoms with Crippen molar-refractivity contribution in [2.24, 2.45) is 0 Å². The minimum Gasteiger partial charge on any atom is -0.310 e. The first-order valence-corrected chi connectivity index (χ1v) is 6.47. The maximum absolute atomic E-state index is 12.5. The first-order valence-electron chi connectivity index (χ1n) is 6.47. The highest BCUT2D eigenvalue weighted by atomic mass is 19.4. The van der Waals surface area contributed by atoms with Crippen molar-refractivity contribution in [3.8, 4) is 5.69 Å². The van der Waals surface area contributed by atoms with Gasteiger partial charge in [-0.15, -0.1) is 0 Å². The molecule has 1 heterocycles. The van der Waals surface area contributed by atoms with Crippen LogP contribution in [-0.2, 0) is 12.7 Å². The van der Waals surface area contributed by atoms with Gasteiger partial charge in [0.1, 0.15) is 0 Å². The van der Waals surface area contributed by atoms with Gasteiger partial charge in [0, 0.05) is 18.8 Å². The minimum atomic E-state index is -4.36. The lowest BCUT2D eigenvalue weighted by atomic mass is 10.2. The van der Waals surface area contributed by atoms with Gasteiger partial charge in [0.15, 0.2) is 0 Å². The van der Waals surface area contributed by atoms with Crippen LogP contribution in [0.1, 0.15) is 24.0 Å². The molecule has 1 aromatic carbocycles. The van der Waals surface area contributed by atoms with Gasteiger partial charge in [-0.2, -0.15) is 18.3 Å². The van der Waals surface area contributed by atoms with Crippen LogP contribution in [0.3, 0.4) is 0 Å². The van der Waals surface area contributed by atoms with Gasteiger partial charge in [-0.05, 0) is 30.5 Å². The summed E-state index contributed by atoms with van der Waals surface area (Å²) in [5.74, 6) is 0. The van der Waals surface area contributed by atoms with Crippen molar-refractivity contribution in [2.45, 2.75) is 31.6 Å². The molecule has 0 radical (unpaired) electrons. The standard InChI is InChI=1S/C14H14F3N3/c15-14(16,17)11-8-19-20(9-11)13-3-1-2-10(6-13)7-18-12-4-5-12/h1-3,6,8-9,12,18H,4-5,7H2. The Morgan fingerprint density at radius 2 is 2.10 bits per heavy atom. The maximum atomic E-state index is 12.5. The molecule has 1 saturated carbocycles. The van der Waals surface area contributed by atoms with E-state index >= 15 is 0 Å². The fraction of sp³-hybridized carbons (Fsp3) is 0.357. The van der Waals surface area contributed by atoms with Crippen molar-refractivity contribution in [3.63, 3.8) is 0 Å². The van der Waals surface area contributed by atoms with Gasteiger partial charge < -0.3 is 5.32 Å². The fourth-order valence-corrected chi connectivity index (χ4v) is 1.97. The molecule has 6 heteroatoms. The molecule has 0 atom stereocenters. The quantitative estimate of drug-likeness (QED) is 0.933. The molecule has 3 rings (SSSR count). The Hall–Kier alpha value is -1.82. The second kappa shape index (κ2) is 4.94. The van der Waals surface area contributed by atoms with Gasteiger partial charge in [0.05, 0.1) is 17.4 Å². The van der Waals surface area contributed by atoms with E-state index in [1.807, 2.05) is 18.2 Å². The van der Waals surface area contributed by atoms with Crippen molar-refractivity contribution >= 4 is 0 Å². The number of rotatable bonds is 4. The van der Waals surface area contributed by atoms with E-state index in [-0.39, 0.29) is 0 Å². The Balaban J connectivity index is 1.78. The van der Waals surface area contributed by atoms with E-state index < -0.39 is 11.7 Å². The predicted octanol–water partition coefficient (Wildman–Crippen LogP) is 3.14. The summed E-state index contributed by atoms with van der Waals surface area (Å²) < 4.78 is 38.9. The largest absolute Gasteiger partial charge is 0.419 e. The fourth-order valence-electron chi connectivity index (χ4n) is 1.97. The third-order valence-electron chi connectivity index (χ3n) is 3.26. The SMILES string of the molecule is FC(F)(F)c1cnn(-c2cccc(CNC3CC3)c2)c1. The third kappa shape index (κ3) is 3.01. The number of hydrogen-bond donors (Lipinski definition) is 1. The number of benzene rings is 1. The molecule has 0 spiro atoms. The molecular weight excluding hydrogens is 267 g/mol. The lowest BCUT2D eigenvalue weighted by molar-refractivity contribution is -0.137. The van der Waals surface area contributed by atoms with E-state index in [2.05, 4.69) is 10.4 Å². The third-order valence-corrected chi connectivity index (χ3v) is 3.26. The van der Waals surface area contributed by atoms with E-state index in [9.17, 15) is 13.2 Å². The van der Waals surface area contributed by atoms with Crippen LogP contribution < -0.4 is 5.32 Å². The molecule has 0 bridgehead atoms. The molecular formula is C14H14F3N3. The zero-order valence-electron chi connectivity index (χ0n) is 10.7. The number of alkyl halides is 3. The summed E-state index contributed by atoms with van der Waals surface area (Å²) in [4.78, 5) is 0. The molecule has 1 N–H and O–H groups in total. The van der Waals surface area contributed by atoms with Crippen LogP contribution in [-0.4, -0.2) is 15.8 Å². The molecule has 0 amide bonds. The highest BCUT2D eigenvalue weighted by molar-refractivity contribution is 5.36. The predicted molar refractivity (Wildman–Crippen MR) is 68.4 cm³/mol. The van der Waals surface area contributed by atoms with Crippen LogP contribution >= 0.6 is 0 Å². The minimum absolute atomic E-state index is 0.597. The average molecular weight is 281 g/mol. The van der Waals surface area contributed by atoms with E-state index in [1.54, 1.807) is 6.07 Å². The number of hydrogen-bond acceptors (Lipinski definition) is 2. The molecule has 0 aliphatic heterocycles. The Morgan fingerprint density at radius 3 is 2.75 bits per heavy atom. The van der Waals surface area contributed by atoms with Gasteiger partial charge in [0.25, 0.3) is 0 Å². The van der Waals surface area contributed by atoms with Crippen molar-refractivity contribution in [1.29, 1.82) is 0 Å².